The van der Waals surface area contributed by atoms with E-state index in [0.29, 0.717) is 11.4 Å². The van der Waals surface area contributed by atoms with E-state index in [4.69, 9.17) is 9.47 Å². The number of hydrogen-bond donors (Lipinski definition) is 1. The molecule has 0 saturated heterocycles. The molecule has 0 fully saturated rings. The van der Waals surface area contributed by atoms with E-state index < -0.39 is 5.97 Å². The lowest BCUT2D eigenvalue weighted by Gasteiger charge is -2.07. The fourth-order valence-corrected chi connectivity index (χ4v) is 3.18. The summed E-state index contributed by atoms with van der Waals surface area (Å²) in [5.74, 6) is -0.0257. The van der Waals surface area contributed by atoms with Gasteiger partial charge in [0.05, 0.1) is 7.11 Å². The third-order valence-corrected chi connectivity index (χ3v) is 4.89. The fourth-order valence-electron chi connectivity index (χ4n) is 2.17. The lowest BCUT2D eigenvalue weighted by atomic mass is 10.2. The predicted octanol–water partition coefficient (Wildman–Crippen LogP) is 3.10. The highest BCUT2D eigenvalue weighted by atomic mass is 32.1. The van der Waals surface area contributed by atoms with Crippen LogP contribution < -0.4 is 10.1 Å². The van der Waals surface area contributed by atoms with Crippen molar-refractivity contribution in [3.05, 3.63) is 51.2 Å². The maximum Gasteiger partial charge on any atom is 0.348 e. The molecule has 0 atom stereocenters. The molecule has 0 aliphatic rings. The minimum Gasteiger partial charge on any atom is -0.497 e. The molecule has 0 aliphatic heterocycles. The van der Waals surface area contributed by atoms with E-state index in [9.17, 15) is 9.59 Å². The van der Waals surface area contributed by atoms with Gasteiger partial charge in [0.2, 0.25) is 0 Å². The maximum absolute atomic E-state index is 12.0. The van der Waals surface area contributed by atoms with Crippen LogP contribution in [0.5, 0.6) is 5.75 Å². The molecule has 128 valence electrons. The van der Waals surface area contributed by atoms with Crippen molar-refractivity contribution in [3.8, 4) is 5.75 Å². The van der Waals surface area contributed by atoms with Gasteiger partial charge in [0.1, 0.15) is 10.6 Å². The molecular weight excluding hydrogens is 326 g/mol. The second-order valence-electron chi connectivity index (χ2n) is 5.27. The zero-order chi connectivity index (χ0) is 17.5. The van der Waals surface area contributed by atoms with Crippen LogP contribution in [0.2, 0.25) is 0 Å². The number of carbonyl (C=O) groups is 2. The normalized spacial score (nSPS) is 10.3. The number of methoxy groups -OCH3 is 1. The highest BCUT2D eigenvalue weighted by molar-refractivity contribution is 7.14. The molecule has 1 aromatic carbocycles. The number of carbonyl (C=O) groups excluding carboxylic acids is 2. The van der Waals surface area contributed by atoms with Crippen LogP contribution >= 0.6 is 11.3 Å². The van der Waals surface area contributed by atoms with Crippen molar-refractivity contribution in [2.75, 3.05) is 13.7 Å². The molecule has 0 bridgehead atoms. The zero-order valence-corrected chi connectivity index (χ0v) is 14.9. The number of nitrogens with one attached hydrogen (secondary N) is 1. The largest absolute Gasteiger partial charge is 0.497 e. The van der Waals surface area contributed by atoms with E-state index >= 15 is 0 Å². The molecule has 1 amide bonds. The molecule has 5 nitrogen and oxygen atoms in total. The van der Waals surface area contributed by atoms with E-state index in [-0.39, 0.29) is 12.5 Å². The number of thiophene rings is 1. The Morgan fingerprint density at radius 3 is 2.50 bits per heavy atom. The van der Waals surface area contributed by atoms with Crippen LogP contribution in [0.3, 0.4) is 0 Å². The van der Waals surface area contributed by atoms with Crippen LogP contribution in [-0.2, 0) is 22.5 Å². The number of hydrogen-bond acceptors (Lipinski definition) is 5. The Morgan fingerprint density at radius 1 is 1.21 bits per heavy atom. The first kappa shape index (κ1) is 18.0. The summed E-state index contributed by atoms with van der Waals surface area (Å²) < 4.78 is 10.1. The lowest BCUT2D eigenvalue weighted by Crippen LogP contribution is -2.28. The minimum absolute atomic E-state index is 0.284. The van der Waals surface area contributed by atoms with E-state index in [1.54, 1.807) is 13.2 Å². The molecule has 0 aliphatic carbocycles. The maximum atomic E-state index is 12.0. The minimum atomic E-state index is -0.456. The summed E-state index contributed by atoms with van der Waals surface area (Å²) in [6.45, 7) is 4.10. The highest BCUT2D eigenvalue weighted by Gasteiger charge is 2.14. The molecule has 0 saturated carbocycles. The van der Waals surface area contributed by atoms with Gasteiger partial charge < -0.3 is 14.8 Å². The molecule has 0 radical (unpaired) electrons. The zero-order valence-electron chi connectivity index (χ0n) is 14.0. The number of amides is 1. The number of aryl methyl sites for hydroxylation is 2. The SMILES string of the molecule is CCc1sc(C(=O)OCC(=O)NCc2ccc(OC)cc2)cc1C. The van der Waals surface area contributed by atoms with E-state index in [2.05, 4.69) is 5.32 Å². The van der Waals surface area contributed by atoms with Crippen molar-refractivity contribution in [2.45, 2.75) is 26.8 Å². The van der Waals surface area contributed by atoms with Gasteiger partial charge in [0.15, 0.2) is 6.61 Å². The summed E-state index contributed by atoms with van der Waals surface area (Å²) in [6, 6.07) is 9.19. The Kier molecular flexibility index (Phi) is 6.37. The van der Waals surface area contributed by atoms with Crippen LogP contribution in [0.25, 0.3) is 0 Å². The van der Waals surface area contributed by atoms with Crippen molar-refractivity contribution >= 4 is 23.2 Å². The second kappa shape index (κ2) is 8.49. The van der Waals surface area contributed by atoms with Crippen LogP contribution in [-0.4, -0.2) is 25.6 Å². The summed E-state index contributed by atoms with van der Waals surface area (Å²) >= 11 is 1.41. The average molecular weight is 347 g/mol. The molecule has 6 heteroatoms. The van der Waals surface area contributed by atoms with Gasteiger partial charge in [0, 0.05) is 11.4 Å². The standard InChI is InChI=1S/C18H21NO4S/c1-4-15-12(2)9-16(24-15)18(21)23-11-17(20)19-10-13-5-7-14(22-3)8-6-13/h5-9H,4,10-11H2,1-3H3,(H,19,20). The molecule has 0 spiro atoms. The molecule has 0 unspecified atom stereocenters. The Labute approximate surface area is 145 Å². The third-order valence-electron chi connectivity index (χ3n) is 3.53. The van der Waals surface area contributed by atoms with Crippen molar-refractivity contribution in [2.24, 2.45) is 0 Å². The molecule has 1 aromatic heterocycles. The summed E-state index contributed by atoms with van der Waals surface area (Å²) in [6.07, 6.45) is 0.881. The number of benzene rings is 1. The van der Waals surface area contributed by atoms with Gasteiger partial charge in [-0.05, 0) is 42.7 Å². The van der Waals surface area contributed by atoms with E-state index in [1.807, 2.05) is 38.1 Å². The van der Waals surface area contributed by atoms with Crippen molar-refractivity contribution in [1.82, 2.24) is 5.32 Å². The third kappa shape index (κ3) is 4.83. The molecule has 2 aromatic rings. The Bertz CT molecular complexity index is 706. The molecule has 24 heavy (non-hydrogen) atoms. The Morgan fingerprint density at radius 2 is 1.92 bits per heavy atom. The van der Waals surface area contributed by atoms with Crippen molar-refractivity contribution in [1.29, 1.82) is 0 Å². The lowest BCUT2D eigenvalue weighted by molar-refractivity contribution is -0.124. The second-order valence-corrected chi connectivity index (χ2v) is 6.41. The van der Waals surface area contributed by atoms with Crippen LogP contribution in [0.1, 0.15) is 32.6 Å². The van der Waals surface area contributed by atoms with Gasteiger partial charge in [-0.3, -0.25) is 4.79 Å². The predicted molar refractivity (Wildman–Crippen MR) is 93.6 cm³/mol. The van der Waals surface area contributed by atoms with Gasteiger partial charge in [-0.25, -0.2) is 4.79 Å². The first-order valence-electron chi connectivity index (χ1n) is 7.69. The highest BCUT2D eigenvalue weighted by Crippen LogP contribution is 2.22. The smallest absolute Gasteiger partial charge is 0.348 e. The topological polar surface area (TPSA) is 64.6 Å². The van der Waals surface area contributed by atoms with Crippen LogP contribution in [0.15, 0.2) is 30.3 Å². The fraction of sp³-hybridized carbons (Fsp3) is 0.333. The molecule has 1 heterocycles. The Balaban J connectivity index is 1.78. The van der Waals surface area contributed by atoms with Gasteiger partial charge in [-0.2, -0.15) is 0 Å². The summed E-state index contributed by atoms with van der Waals surface area (Å²) in [7, 11) is 1.60. The monoisotopic (exact) mass is 347 g/mol. The first-order chi connectivity index (χ1) is 11.5. The quantitative estimate of drug-likeness (QED) is 0.782. The van der Waals surface area contributed by atoms with E-state index in [1.165, 1.54) is 11.3 Å². The van der Waals surface area contributed by atoms with Crippen molar-refractivity contribution in [3.63, 3.8) is 0 Å². The summed E-state index contributed by atoms with van der Waals surface area (Å²) in [5.41, 5.74) is 2.02. The van der Waals surface area contributed by atoms with E-state index in [0.717, 1.165) is 28.2 Å². The molecule has 2 rings (SSSR count). The van der Waals surface area contributed by atoms with Gasteiger partial charge >= 0.3 is 5.97 Å². The van der Waals surface area contributed by atoms with Crippen LogP contribution in [0.4, 0.5) is 0 Å². The average Bonchev–Trinajstić information content (AvgIpc) is 2.99. The number of ether oxygens (including phenoxy) is 2. The molecule has 1 N–H and O–H groups in total. The van der Waals surface area contributed by atoms with Gasteiger partial charge in [-0.15, -0.1) is 11.3 Å². The summed E-state index contributed by atoms with van der Waals surface area (Å²) in [4.78, 5) is 25.5. The number of esters is 1. The Hall–Kier alpha value is -2.34. The molecular formula is C18H21NO4S. The van der Waals surface area contributed by atoms with Gasteiger partial charge in [0.25, 0.3) is 5.91 Å². The van der Waals surface area contributed by atoms with Crippen LogP contribution in [0, 0.1) is 6.92 Å². The van der Waals surface area contributed by atoms with Crippen molar-refractivity contribution < 1.29 is 19.1 Å². The van der Waals surface area contributed by atoms with Gasteiger partial charge in [-0.1, -0.05) is 19.1 Å². The first-order valence-corrected chi connectivity index (χ1v) is 8.51. The number of rotatable bonds is 7. The summed E-state index contributed by atoms with van der Waals surface area (Å²) in [5, 5.41) is 2.72.